The van der Waals surface area contributed by atoms with Crippen LogP contribution in [-0.4, -0.2) is 29.2 Å². The predicted octanol–water partition coefficient (Wildman–Crippen LogP) is 0.465. The van der Waals surface area contributed by atoms with E-state index in [4.69, 9.17) is 10.6 Å². The third-order valence-electron chi connectivity index (χ3n) is 1.75. The summed E-state index contributed by atoms with van der Waals surface area (Å²) in [6.45, 7) is 6.46. The van der Waals surface area contributed by atoms with Crippen molar-refractivity contribution in [2.24, 2.45) is 5.73 Å². The van der Waals surface area contributed by atoms with Gasteiger partial charge in [0.25, 0.3) is 0 Å². The normalized spacial score (nSPS) is 23.5. The third kappa shape index (κ3) is 2.56. The molecule has 74 valence electrons. The molecule has 4 nitrogen and oxygen atoms in total. The van der Waals surface area contributed by atoms with Gasteiger partial charge in [0.2, 0.25) is 0 Å². The zero-order valence-corrected chi connectivity index (χ0v) is 8.33. The Morgan fingerprint density at radius 2 is 2.23 bits per heavy atom. The molecule has 1 unspecified atom stereocenters. The lowest BCUT2D eigenvalue weighted by Gasteiger charge is -2.27. The maximum atomic E-state index is 10.6. The van der Waals surface area contributed by atoms with E-state index < -0.39 is 0 Å². The molecule has 0 saturated carbocycles. The van der Waals surface area contributed by atoms with Gasteiger partial charge in [-0.1, -0.05) is 0 Å². The molecule has 0 radical (unpaired) electrons. The molecule has 1 heterocycles. The van der Waals surface area contributed by atoms with Crippen molar-refractivity contribution >= 4 is 5.94 Å². The maximum absolute atomic E-state index is 10.6. The largest absolute Gasteiger partial charge is 0.322 e. The minimum atomic E-state index is -0.299. The quantitative estimate of drug-likeness (QED) is 0.602. The molecule has 1 aliphatic heterocycles. The highest BCUT2D eigenvalue weighted by molar-refractivity contribution is 5.54. The van der Waals surface area contributed by atoms with Crippen molar-refractivity contribution in [3.05, 3.63) is 5.70 Å². The van der Waals surface area contributed by atoms with Gasteiger partial charge < -0.3 is 5.73 Å². The monoisotopic (exact) mass is 184 g/mol. The molecule has 0 aromatic carbocycles. The van der Waals surface area contributed by atoms with Gasteiger partial charge in [0.05, 0.1) is 11.6 Å². The van der Waals surface area contributed by atoms with E-state index in [2.05, 4.69) is 0 Å². The van der Waals surface area contributed by atoms with E-state index >= 15 is 0 Å². The van der Waals surface area contributed by atoms with Crippen LogP contribution in [0.4, 0.5) is 0 Å². The topological polar surface area (TPSA) is 55.6 Å². The number of carbonyl (C=O) groups excluding carboxylic acids is 1. The van der Waals surface area contributed by atoms with Crippen molar-refractivity contribution in [2.45, 2.75) is 38.8 Å². The minimum Gasteiger partial charge on any atom is -0.322 e. The van der Waals surface area contributed by atoms with Crippen molar-refractivity contribution in [1.29, 1.82) is 0 Å². The summed E-state index contributed by atoms with van der Waals surface area (Å²) in [4.78, 5) is 16.1. The van der Waals surface area contributed by atoms with E-state index in [1.54, 1.807) is 5.06 Å². The molecule has 1 fully saturated rings. The number of hydrogen-bond donors (Lipinski definition) is 1. The third-order valence-corrected chi connectivity index (χ3v) is 1.75. The van der Waals surface area contributed by atoms with Crippen LogP contribution in [0.5, 0.6) is 0 Å². The smallest absolute Gasteiger partial charge is 0.149 e. The Morgan fingerprint density at radius 1 is 1.62 bits per heavy atom. The first-order valence-electron chi connectivity index (χ1n) is 4.41. The summed E-state index contributed by atoms with van der Waals surface area (Å²) in [6.07, 6.45) is 0.751. The Bertz CT molecular complexity index is 238. The first kappa shape index (κ1) is 10.3. The van der Waals surface area contributed by atoms with Crippen LogP contribution < -0.4 is 5.73 Å². The molecule has 0 aromatic rings. The second-order valence-electron chi connectivity index (χ2n) is 4.19. The molecule has 1 atom stereocenters. The second kappa shape index (κ2) is 3.50. The molecule has 1 aliphatic rings. The number of nitrogens with two attached hydrogens (primary N) is 1. The molecule has 0 bridgehead atoms. The van der Waals surface area contributed by atoms with Crippen LogP contribution >= 0.6 is 0 Å². The average molecular weight is 184 g/mol. The van der Waals surface area contributed by atoms with Crippen molar-refractivity contribution in [3.8, 4) is 0 Å². The van der Waals surface area contributed by atoms with Gasteiger partial charge in [-0.05, 0) is 27.2 Å². The molecule has 1 rings (SSSR count). The van der Waals surface area contributed by atoms with Gasteiger partial charge in [0.1, 0.15) is 11.6 Å². The van der Waals surface area contributed by atoms with E-state index in [0.717, 1.165) is 6.42 Å². The van der Waals surface area contributed by atoms with Crippen LogP contribution in [-0.2, 0) is 9.63 Å². The lowest BCUT2D eigenvalue weighted by Crippen LogP contribution is -2.33. The molecule has 0 aromatic heterocycles. The summed E-state index contributed by atoms with van der Waals surface area (Å²) in [5, 5.41) is 1.55. The molecule has 0 spiro atoms. The summed E-state index contributed by atoms with van der Waals surface area (Å²) >= 11 is 0. The summed E-state index contributed by atoms with van der Waals surface area (Å²) in [7, 11) is 0. The summed E-state index contributed by atoms with van der Waals surface area (Å²) in [6, 6.07) is -0.222. The van der Waals surface area contributed by atoms with Crippen LogP contribution in [0.1, 0.15) is 27.2 Å². The second-order valence-corrected chi connectivity index (χ2v) is 4.19. The fourth-order valence-corrected chi connectivity index (χ4v) is 1.25. The minimum absolute atomic E-state index is 0.222. The Morgan fingerprint density at radius 3 is 2.69 bits per heavy atom. The van der Waals surface area contributed by atoms with E-state index in [1.165, 1.54) is 0 Å². The van der Waals surface area contributed by atoms with Gasteiger partial charge in [0, 0.05) is 6.54 Å². The lowest BCUT2D eigenvalue weighted by molar-refractivity contribution is -0.197. The standard InChI is InChI=1S/C9H16N2O2/c1-9(2,3)13-11-5-4-7(10)8(11)6-12/h7H,4-5,10H2,1-3H3. The Labute approximate surface area is 78.3 Å². The number of nitrogens with zero attached hydrogens (tertiary/aromatic N) is 1. The zero-order valence-electron chi connectivity index (χ0n) is 8.33. The average Bonchev–Trinajstić information content (AvgIpc) is 2.28. The zero-order chi connectivity index (χ0) is 10.1. The molecule has 0 amide bonds. The van der Waals surface area contributed by atoms with Crippen molar-refractivity contribution in [3.63, 3.8) is 0 Å². The molecular weight excluding hydrogens is 168 g/mol. The van der Waals surface area contributed by atoms with Gasteiger partial charge in [-0.25, -0.2) is 9.86 Å². The Hall–Kier alpha value is -0.830. The maximum Gasteiger partial charge on any atom is 0.149 e. The first-order valence-corrected chi connectivity index (χ1v) is 4.41. The van der Waals surface area contributed by atoms with Crippen LogP contribution in [0.25, 0.3) is 0 Å². The van der Waals surface area contributed by atoms with E-state index in [-0.39, 0.29) is 11.6 Å². The Kier molecular flexibility index (Phi) is 2.76. The first-order chi connectivity index (χ1) is 5.94. The Balaban J connectivity index is 2.68. The van der Waals surface area contributed by atoms with Gasteiger partial charge >= 0.3 is 0 Å². The molecule has 4 heteroatoms. The fourth-order valence-electron chi connectivity index (χ4n) is 1.25. The van der Waals surface area contributed by atoms with Crippen LogP contribution in [0.2, 0.25) is 0 Å². The number of hydroxylamine groups is 2. The van der Waals surface area contributed by atoms with Gasteiger partial charge in [-0.3, -0.25) is 4.84 Å². The highest BCUT2D eigenvalue weighted by Gasteiger charge is 2.30. The van der Waals surface area contributed by atoms with E-state index in [0.29, 0.717) is 12.2 Å². The van der Waals surface area contributed by atoms with Crippen molar-refractivity contribution < 1.29 is 9.63 Å². The van der Waals surface area contributed by atoms with Crippen molar-refractivity contribution in [1.82, 2.24) is 5.06 Å². The highest BCUT2D eigenvalue weighted by Crippen LogP contribution is 2.22. The number of rotatable bonds is 1. The number of hydrogen-bond acceptors (Lipinski definition) is 4. The molecular formula is C9H16N2O2. The van der Waals surface area contributed by atoms with E-state index in [9.17, 15) is 4.79 Å². The van der Waals surface area contributed by atoms with Crippen LogP contribution in [0.15, 0.2) is 5.70 Å². The predicted molar refractivity (Wildman–Crippen MR) is 49.3 cm³/mol. The summed E-state index contributed by atoms with van der Waals surface area (Å²) < 4.78 is 0. The van der Waals surface area contributed by atoms with Gasteiger partial charge in [-0.2, -0.15) is 0 Å². The van der Waals surface area contributed by atoms with Gasteiger partial charge in [-0.15, -0.1) is 0 Å². The molecule has 1 saturated heterocycles. The van der Waals surface area contributed by atoms with Gasteiger partial charge in [0.15, 0.2) is 0 Å². The molecule has 0 aliphatic carbocycles. The van der Waals surface area contributed by atoms with E-state index in [1.807, 2.05) is 26.7 Å². The molecule has 13 heavy (non-hydrogen) atoms. The summed E-state index contributed by atoms with van der Waals surface area (Å²) in [5.41, 5.74) is 5.80. The highest BCUT2D eigenvalue weighted by atomic mass is 16.7. The van der Waals surface area contributed by atoms with Crippen LogP contribution in [0, 0.1) is 0 Å². The molecule has 2 N–H and O–H groups in total. The summed E-state index contributed by atoms with van der Waals surface area (Å²) in [5.74, 6) is 1.83. The SMILES string of the molecule is CC(C)(C)ON1CCC(N)C1=C=O. The lowest BCUT2D eigenvalue weighted by atomic mass is 10.2. The van der Waals surface area contributed by atoms with Crippen molar-refractivity contribution in [2.75, 3.05) is 6.54 Å². The fraction of sp³-hybridized carbons (Fsp3) is 0.778. The van der Waals surface area contributed by atoms with Crippen LogP contribution in [0.3, 0.4) is 0 Å².